The summed E-state index contributed by atoms with van der Waals surface area (Å²) in [6.07, 6.45) is 15.6. The molecule has 162 valence electrons. The average molecular weight is 401 g/mol. The highest BCUT2D eigenvalue weighted by Crippen LogP contribution is 2.26. The van der Waals surface area contributed by atoms with Crippen LogP contribution in [0, 0.1) is 17.8 Å². The van der Waals surface area contributed by atoms with Crippen LogP contribution in [0.4, 0.5) is 5.95 Å². The standard InChI is InChI=1S/C23H40N6/c1-17-10-12-20(13-11-17)19(3)18(2)14-26-15-22(29-25-4)9-7-5-6-8-21-16-27-23(24)28-21/h10,12-13,16-19,22,26H,5-9,11,14-15H2,1-4H3,(H3,24,27,28). The zero-order chi connectivity index (χ0) is 21.1. The van der Waals surface area contributed by atoms with Gasteiger partial charge in [0, 0.05) is 19.3 Å². The van der Waals surface area contributed by atoms with Gasteiger partial charge in [-0.25, -0.2) is 4.98 Å². The van der Waals surface area contributed by atoms with E-state index < -0.39 is 0 Å². The normalized spacial score (nSPS) is 20.0. The molecule has 4 unspecified atom stereocenters. The molecule has 1 aromatic heterocycles. The number of hydrogen-bond donors (Lipinski definition) is 3. The quantitative estimate of drug-likeness (QED) is 0.324. The van der Waals surface area contributed by atoms with Gasteiger partial charge in [0.05, 0.1) is 12.2 Å². The van der Waals surface area contributed by atoms with E-state index in [1.807, 2.05) is 6.20 Å². The molecule has 0 aromatic carbocycles. The van der Waals surface area contributed by atoms with Crippen molar-refractivity contribution in [1.82, 2.24) is 15.3 Å². The lowest BCUT2D eigenvalue weighted by molar-refractivity contribution is 0.397. The van der Waals surface area contributed by atoms with Crippen LogP contribution in [0.15, 0.2) is 40.2 Å². The number of nitrogen functional groups attached to an aromatic ring is 1. The molecule has 6 heteroatoms. The summed E-state index contributed by atoms with van der Waals surface area (Å²) < 4.78 is 0. The fraction of sp³-hybridized carbons (Fsp3) is 0.696. The lowest BCUT2D eigenvalue weighted by Gasteiger charge is -2.24. The van der Waals surface area contributed by atoms with E-state index in [-0.39, 0.29) is 6.04 Å². The Morgan fingerprint density at radius 1 is 1.28 bits per heavy atom. The summed E-state index contributed by atoms with van der Waals surface area (Å²) in [5, 5.41) is 12.1. The smallest absolute Gasteiger partial charge is 0.197 e. The van der Waals surface area contributed by atoms with Crippen molar-refractivity contribution < 1.29 is 0 Å². The summed E-state index contributed by atoms with van der Waals surface area (Å²) >= 11 is 0. The number of aromatic amines is 1. The highest BCUT2D eigenvalue weighted by atomic mass is 15.1. The Hall–Kier alpha value is -1.95. The van der Waals surface area contributed by atoms with E-state index in [9.17, 15) is 0 Å². The second-order valence-corrected chi connectivity index (χ2v) is 8.56. The second-order valence-electron chi connectivity index (χ2n) is 8.56. The van der Waals surface area contributed by atoms with Crippen LogP contribution in [0.3, 0.4) is 0 Å². The van der Waals surface area contributed by atoms with Crippen molar-refractivity contribution >= 4 is 5.95 Å². The second kappa shape index (κ2) is 12.6. The van der Waals surface area contributed by atoms with Gasteiger partial charge >= 0.3 is 0 Å². The summed E-state index contributed by atoms with van der Waals surface area (Å²) in [4.78, 5) is 7.12. The van der Waals surface area contributed by atoms with Gasteiger partial charge in [-0.15, -0.1) is 0 Å². The molecule has 6 nitrogen and oxygen atoms in total. The Labute approximate surface area is 176 Å². The monoisotopic (exact) mass is 400 g/mol. The Morgan fingerprint density at radius 2 is 2.10 bits per heavy atom. The predicted molar refractivity (Wildman–Crippen MR) is 122 cm³/mol. The Balaban J connectivity index is 1.63. The number of anilines is 1. The van der Waals surface area contributed by atoms with Gasteiger partial charge in [0.15, 0.2) is 5.95 Å². The first-order valence-electron chi connectivity index (χ1n) is 11.2. The van der Waals surface area contributed by atoms with Gasteiger partial charge in [0.25, 0.3) is 0 Å². The molecule has 0 bridgehead atoms. The van der Waals surface area contributed by atoms with E-state index in [1.54, 1.807) is 7.05 Å². The van der Waals surface area contributed by atoms with Crippen LogP contribution in [-0.2, 0) is 6.42 Å². The van der Waals surface area contributed by atoms with E-state index in [4.69, 9.17) is 5.73 Å². The van der Waals surface area contributed by atoms with Crippen LogP contribution in [0.5, 0.6) is 0 Å². The van der Waals surface area contributed by atoms with Gasteiger partial charge in [-0.05, 0) is 55.6 Å². The van der Waals surface area contributed by atoms with Crippen LogP contribution in [-0.4, -0.2) is 36.1 Å². The van der Waals surface area contributed by atoms with Gasteiger partial charge in [-0.1, -0.05) is 51.8 Å². The molecule has 4 N–H and O–H groups in total. The maximum absolute atomic E-state index is 5.61. The molecule has 1 aliphatic carbocycles. The largest absolute Gasteiger partial charge is 0.369 e. The van der Waals surface area contributed by atoms with Crippen molar-refractivity contribution in [2.45, 2.75) is 65.3 Å². The van der Waals surface area contributed by atoms with E-state index in [2.05, 4.69) is 64.5 Å². The number of hydrogen-bond acceptors (Lipinski definition) is 5. The molecule has 1 aromatic rings. The molecule has 0 saturated carbocycles. The number of nitrogens with two attached hydrogens (primary N) is 1. The number of H-pyrrole nitrogens is 1. The van der Waals surface area contributed by atoms with Crippen LogP contribution >= 0.6 is 0 Å². The third-order valence-electron chi connectivity index (χ3n) is 5.98. The molecule has 0 saturated heterocycles. The van der Waals surface area contributed by atoms with Crippen LogP contribution in [0.2, 0.25) is 0 Å². The van der Waals surface area contributed by atoms with E-state index in [0.717, 1.165) is 44.5 Å². The molecular formula is C23H40N6. The van der Waals surface area contributed by atoms with Gasteiger partial charge in [-0.3, -0.25) is 0 Å². The summed E-state index contributed by atoms with van der Waals surface area (Å²) in [6, 6.07) is 0.264. The number of aryl methyl sites for hydroxylation is 1. The lowest BCUT2D eigenvalue weighted by Crippen LogP contribution is -2.31. The van der Waals surface area contributed by atoms with E-state index in [0.29, 0.717) is 23.7 Å². The zero-order valence-corrected chi connectivity index (χ0v) is 18.7. The van der Waals surface area contributed by atoms with Crippen molar-refractivity contribution in [2.75, 3.05) is 25.9 Å². The van der Waals surface area contributed by atoms with Gasteiger partial charge < -0.3 is 16.0 Å². The first-order valence-corrected chi connectivity index (χ1v) is 11.2. The number of aromatic nitrogens is 2. The van der Waals surface area contributed by atoms with Crippen molar-refractivity contribution in [3.8, 4) is 0 Å². The van der Waals surface area contributed by atoms with E-state index >= 15 is 0 Å². The van der Waals surface area contributed by atoms with Crippen LogP contribution in [0.1, 0.15) is 58.6 Å². The third-order valence-corrected chi connectivity index (χ3v) is 5.98. The molecular weight excluding hydrogens is 360 g/mol. The molecule has 0 spiro atoms. The predicted octanol–water partition coefficient (Wildman–Crippen LogP) is 4.93. The molecule has 0 aliphatic heterocycles. The highest BCUT2D eigenvalue weighted by Gasteiger charge is 2.17. The first kappa shape index (κ1) is 23.3. The number of nitrogens with one attached hydrogen (secondary N) is 2. The number of nitrogens with zero attached hydrogens (tertiary/aromatic N) is 3. The van der Waals surface area contributed by atoms with Crippen LogP contribution < -0.4 is 11.1 Å². The average Bonchev–Trinajstić information content (AvgIpc) is 3.12. The van der Waals surface area contributed by atoms with Gasteiger partial charge in [-0.2, -0.15) is 10.2 Å². The summed E-state index contributed by atoms with van der Waals surface area (Å²) in [5.41, 5.74) is 8.22. The topological polar surface area (TPSA) is 91.4 Å². The van der Waals surface area contributed by atoms with Crippen LogP contribution in [0.25, 0.3) is 0 Å². The minimum absolute atomic E-state index is 0.264. The maximum Gasteiger partial charge on any atom is 0.197 e. The van der Waals surface area contributed by atoms with E-state index in [1.165, 1.54) is 18.4 Å². The minimum Gasteiger partial charge on any atom is -0.369 e. The van der Waals surface area contributed by atoms with Gasteiger partial charge in [0.1, 0.15) is 0 Å². The number of imidazole rings is 1. The number of allylic oxidation sites excluding steroid dienone is 4. The summed E-state index contributed by atoms with van der Waals surface area (Å²) in [7, 11) is 1.77. The Bertz CT molecular complexity index is 675. The number of unbranched alkanes of at least 4 members (excludes halogenated alkanes) is 2. The fourth-order valence-corrected chi connectivity index (χ4v) is 3.80. The first-order chi connectivity index (χ1) is 14.0. The zero-order valence-electron chi connectivity index (χ0n) is 18.7. The van der Waals surface area contributed by atoms with Crippen molar-refractivity contribution in [2.24, 2.45) is 28.0 Å². The molecule has 0 radical (unpaired) electrons. The molecule has 1 aliphatic rings. The highest BCUT2D eigenvalue weighted by molar-refractivity contribution is 5.26. The fourth-order valence-electron chi connectivity index (χ4n) is 3.80. The molecule has 2 rings (SSSR count). The molecule has 0 amide bonds. The molecule has 4 atom stereocenters. The Kier molecular flexibility index (Phi) is 10.1. The SMILES string of the molecule is CN=NC(CCCCCc1cnc(N)[nH]1)CNCC(C)C(C)C1=CCC(C)C=C1. The van der Waals surface area contributed by atoms with Crippen molar-refractivity contribution in [1.29, 1.82) is 0 Å². The molecule has 29 heavy (non-hydrogen) atoms. The summed E-state index contributed by atoms with van der Waals surface area (Å²) in [5.74, 6) is 2.36. The summed E-state index contributed by atoms with van der Waals surface area (Å²) in [6.45, 7) is 8.86. The molecule has 1 heterocycles. The van der Waals surface area contributed by atoms with Crippen molar-refractivity contribution in [3.63, 3.8) is 0 Å². The third kappa shape index (κ3) is 8.52. The minimum atomic E-state index is 0.264. The number of azo groups is 1. The molecule has 0 fully saturated rings. The van der Waals surface area contributed by atoms with Crippen molar-refractivity contribution in [3.05, 3.63) is 35.7 Å². The maximum atomic E-state index is 5.61. The number of rotatable bonds is 13. The lowest BCUT2D eigenvalue weighted by atomic mass is 9.84. The van der Waals surface area contributed by atoms with Gasteiger partial charge in [0.2, 0.25) is 0 Å². The Morgan fingerprint density at radius 3 is 2.76 bits per heavy atom.